The van der Waals surface area contributed by atoms with Crippen LogP contribution < -0.4 is 4.46 Å². The second-order valence-corrected chi connectivity index (χ2v) is 11.1. The van der Waals surface area contributed by atoms with Gasteiger partial charge in [0.15, 0.2) is 0 Å². The topological polar surface area (TPSA) is 95.7 Å². The van der Waals surface area contributed by atoms with Gasteiger partial charge in [-0.15, -0.1) is 0 Å². The normalized spacial score (nSPS) is 15.6. The Balaban J connectivity index is 1.89. The molecule has 0 saturated carbocycles. The van der Waals surface area contributed by atoms with E-state index >= 15 is 0 Å². The third-order valence-electron chi connectivity index (χ3n) is 4.57. The molecule has 0 radical (unpaired) electrons. The Labute approximate surface area is 183 Å². The summed E-state index contributed by atoms with van der Waals surface area (Å²) in [5.74, 6) is 0.637. The van der Waals surface area contributed by atoms with Gasteiger partial charge in [-0.05, 0) is 0 Å². The summed E-state index contributed by atoms with van der Waals surface area (Å²) in [5.41, 5.74) is 1.30. The van der Waals surface area contributed by atoms with Crippen molar-refractivity contribution in [3.05, 3.63) is 101 Å². The van der Waals surface area contributed by atoms with Crippen LogP contribution in [0.1, 0.15) is 11.1 Å². The Bertz CT molecular complexity index is 1330. The molecule has 1 aliphatic heterocycles. The van der Waals surface area contributed by atoms with E-state index in [0.29, 0.717) is 5.76 Å². The van der Waals surface area contributed by atoms with E-state index in [9.17, 15) is 17.9 Å². The van der Waals surface area contributed by atoms with Crippen molar-refractivity contribution in [1.82, 2.24) is 0 Å². The van der Waals surface area contributed by atoms with Gasteiger partial charge in [-0.1, -0.05) is 0 Å². The van der Waals surface area contributed by atoms with Gasteiger partial charge in [-0.3, -0.25) is 0 Å². The average molecular weight is 502 g/mol. The fourth-order valence-electron chi connectivity index (χ4n) is 3.17. The molecular formula is C22H17NO6SSe. The zero-order chi connectivity index (χ0) is 22.0. The van der Waals surface area contributed by atoms with Crippen LogP contribution in [0.25, 0.3) is 5.76 Å². The predicted octanol–water partition coefficient (Wildman–Crippen LogP) is 2.63. The Hall–Kier alpha value is -3.10. The van der Waals surface area contributed by atoms with Crippen molar-refractivity contribution in [3.63, 3.8) is 0 Å². The molecule has 0 aliphatic carbocycles. The minimum absolute atomic E-state index is 0.140. The molecule has 7 nitrogen and oxygen atoms in total. The van der Waals surface area contributed by atoms with Crippen LogP contribution in [0, 0.1) is 4.91 Å². The molecule has 0 amide bonds. The summed E-state index contributed by atoms with van der Waals surface area (Å²) < 4.78 is 47.9. The number of rotatable bonds is 6. The summed E-state index contributed by atoms with van der Waals surface area (Å²) >= 11 is -2.47. The molecule has 9 heteroatoms. The van der Waals surface area contributed by atoms with Gasteiger partial charge in [-0.25, -0.2) is 0 Å². The van der Waals surface area contributed by atoms with E-state index in [2.05, 4.69) is 0 Å². The number of allylic oxidation sites excluding steroid dienone is 1. The molecule has 0 spiro atoms. The zero-order valence-electron chi connectivity index (χ0n) is 16.3. The second-order valence-electron chi connectivity index (χ2n) is 6.46. The SMILES string of the molecule is COC1=CC(c2ccccc2)=[Se](O[N+](=O)c2ccccc2S(=O)(=O)[O-])c2ccccc21. The van der Waals surface area contributed by atoms with Crippen LogP contribution in [0.15, 0.2) is 89.8 Å². The quantitative estimate of drug-likeness (QED) is 0.292. The van der Waals surface area contributed by atoms with Crippen LogP contribution >= 0.6 is 0 Å². The fourth-order valence-corrected chi connectivity index (χ4v) is 7.48. The summed E-state index contributed by atoms with van der Waals surface area (Å²) in [5, 5.41) is 0. The maximum absolute atomic E-state index is 13.0. The maximum atomic E-state index is 13.0. The molecule has 0 fully saturated rings. The number of fused-ring (bicyclic) bond motifs is 1. The Morgan fingerprint density at radius 1 is 0.903 bits per heavy atom. The third kappa shape index (κ3) is 4.22. The van der Waals surface area contributed by atoms with Gasteiger partial charge in [0.1, 0.15) is 0 Å². The molecule has 0 N–H and O–H groups in total. The Kier molecular flexibility index (Phi) is 5.84. The van der Waals surface area contributed by atoms with Crippen LogP contribution in [0.3, 0.4) is 0 Å². The zero-order valence-corrected chi connectivity index (χ0v) is 18.8. The van der Waals surface area contributed by atoms with Crippen molar-refractivity contribution < 1.29 is 26.6 Å². The first-order valence-electron chi connectivity index (χ1n) is 9.12. The van der Waals surface area contributed by atoms with Crippen molar-refractivity contribution in [2.75, 3.05) is 7.11 Å². The van der Waals surface area contributed by atoms with Gasteiger partial charge in [0.05, 0.1) is 0 Å². The molecule has 3 aromatic carbocycles. The van der Waals surface area contributed by atoms with E-state index in [1.54, 1.807) is 7.11 Å². The molecule has 158 valence electrons. The van der Waals surface area contributed by atoms with Gasteiger partial charge in [-0.2, -0.15) is 0 Å². The molecule has 3 aromatic rings. The molecule has 0 aromatic heterocycles. The number of hydrogen-bond acceptors (Lipinski definition) is 6. The van der Waals surface area contributed by atoms with Gasteiger partial charge < -0.3 is 0 Å². The first-order chi connectivity index (χ1) is 14.9. The summed E-state index contributed by atoms with van der Waals surface area (Å²) in [7, 11) is -3.28. The van der Waals surface area contributed by atoms with E-state index in [1.807, 2.05) is 60.7 Å². The Morgan fingerprint density at radius 3 is 2.26 bits per heavy atom. The summed E-state index contributed by atoms with van der Waals surface area (Å²) in [6.07, 6.45) is 1.84. The van der Waals surface area contributed by atoms with E-state index in [0.717, 1.165) is 26.1 Å². The molecule has 1 heterocycles. The molecule has 0 bridgehead atoms. The summed E-state index contributed by atoms with van der Waals surface area (Å²) in [4.78, 5) is 12.5. The van der Waals surface area contributed by atoms with Crippen molar-refractivity contribution in [3.8, 4) is 0 Å². The fraction of sp³-hybridized carbons (Fsp3) is 0.0455. The molecule has 1 aliphatic rings. The first kappa shape index (κ1) is 21.1. The van der Waals surface area contributed by atoms with E-state index in [4.69, 9.17) is 8.66 Å². The van der Waals surface area contributed by atoms with E-state index in [-0.39, 0.29) is 10.6 Å². The molecule has 4 rings (SSSR count). The average Bonchev–Trinajstić information content (AvgIpc) is 2.79. The summed E-state index contributed by atoms with van der Waals surface area (Å²) in [6, 6.07) is 22.0. The van der Waals surface area contributed by atoms with E-state index in [1.165, 1.54) is 18.2 Å². The number of hydrogen-bond donors (Lipinski definition) is 0. The number of nitrogens with zero attached hydrogens (tertiary/aromatic N) is 1. The van der Waals surface area contributed by atoms with Crippen molar-refractivity contribution in [2.24, 2.45) is 0 Å². The number of ether oxygens (including phenoxy) is 1. The van der Waals surface area contributed by atoms with Crippen molar-refractivity contribution >= 4 is 44.2 Å². The molecular weight excluding hydrogens is 485 g/mol. The summed E-state index contributed by atoms with van der Waals surface area (Å²) in [6.45, 7) is 0. The van der Waals surface area contributed by atoms with E-state index < -0.39 is 28.8 Å². The number of benzene rings is 3. The number of para-hydroxylation sites is 1. The van der Waals surface area contributed by atoms with Crippen molar-refractivity contribution in [1.29, 1.82) is 0 Å². The predicted molar refractivity (Wildman–Crippen MR) is 116 cm³/mol. The Morgan fingerprint density at radius 2 is 1.55 bits per heavy atom. The molecule has 1 unspecified atom stereocenters. The second kappa shape index (κ2) is 8.56. The molecule has 31 heavy (non-hydrogen) atoms. The minimum atomic E-state index is -4.85. The van der Waals surface area contributed by atoms with Crippen LogP contribution in [-0.2, 0) is 18.8 Å². The third-order valence-corrected chi connectivity index (χ3v) is 9.21. The van der Waals surface area contributed by atoms with Crippen LogP contribution in [0.4, 0.5) is 5.69 Å². The van der Waals surface area contributed by atoms with Gasteiger partial charge in [0.2, 0.25) is 0 Å². The van der Waals surface area contributed by atoms with Gasteiger partial charge in [0.25, 0.3) is 0 Å². The molecule has 0 saturated heterocycles. The van der Waals surface area contributed by atoms with Crippen LogP contribution in [-0.4, -0.2) is 43.2 Å². The van der Waals surface area contributed by atoms with Crippen LogP contribution in [0.2, 0.25) is 0 Å². The van der Waals surface area contributed by atoms with Crippen molar-refractivity contribution in [2.45, 2.75) is 4.90 Å². The standard InChI is InChI=1S/C22H17NO6SSe/c1-28-19-15-22(16-9-3-2-4-10-16)31(21-14-8-5-11-17(19)21)29-23(24)18-12-6-7-13-20(18)30(25,26)27/h2-15H,1H3. The van der Waals surface area contributed by atoms with Gasteiger partial charge in [0, 0.05) is 0 Å². The number of methoxy groups -OCH3 is 1. The first-order valence-corrected chi connectivity index (χ1v) is 12.9. The monoisotopic (exact) mass is 503 g/mol. The van der Waals surface area contributed by atoms with Crippen LogP contribution in [0.5, 0.6) is 0 Å². The molecule has 1 atom stereocenters. The van der Waals surface area contributed by atoms with Gasteiger partial charge >= 0.3 is 184 Å².